The zero-order valence-corrected chi connectivity index (χ0v) is 18.9. The van der Waals surface area contributed by atoms with Crippen LogP contribution >= 0.6 is 0 Å². The lowest BCUT2D eigenvalue weighted by molar-refractivity contribution is 0.680. The van der Waals surface area contributed by atoms with E-state index in [9.17, 15) is 0 Å². The number of aromatic nitrogens is 4. The SMILES string of the molecule is CC(=N)/C(=C(/C)N)c1ccc2nc(C(N)Cc3ccc(-c4c(C)n[nH]c4C)cc3)[nH]c2c1. The number of allylic oxidation sites excluding steroid dienone is 2. The van der Waals surface area contributed by atoms with Crippen LogP contribution in [0, 0.1) is 19.3 Å². The Labute approximate surface area is 187 Å². The molecule has 7 heteroatoms. The molecular weight excluding hydrogens is 398 g/mol. The van der Waals surface area contributed by atoms with Gasteiger partial charge in [-0.2, -0.15) is 5.10 Å². The maximum atomic E-state index is 8.02. The third-order valence-electron chi connectivity index (χ3n) is 5.74. The van der Waals surface area contributed by atoms with Crippen molar-refractivity contribution in [2.75, 3.05) is 0 Å². The lowest BCUT2D eigenvalue weighted by Crippen LogP contribution is -2.14. The van der Waals surface area contributed by atoms with E-state index in [1.807, 2.05) is 39.0 Å². The first-order chi connectivity index (χ1) is 15.2. The Balaban J connectivity index is 1.56. The van der Waals surface area contributed by atoms with Crippen LogP contribution in [0.4, 0.5) is 0 Å². The molecule has 0 amide bonds. The van der Waals surface area contributed by atoms with E-state index in [0.717, 1.165) is 56.1 Å². The lowest BCUT2D eigenvalue weighted by atomic mass is 9.99. The summed E-state index contributed by atoms with van der Waals surface area (Å²) in [7, 11) is 0. The molecule has 2 aromatic heterocycles. The van der Waals surface area contributed by atoms with E-state index in [-0.39, 0.29) is 6.04 Å². The van der Waals surface area contributed by atoms with Crippen molar-refractivity contribution in [1.29, 1.82) is 5.41 Å². The minimum absolute atomic E-state index is 0.259. The van der Waals surface area contributed by atoms with Gasteiger partial charge in [0.2, 0.25) is 0 Å². The number of nitrogens with one attached hydrogen (secondary N) is 3. The first-order valence-electron chi connectivity index (χ1n) is 10.6. The molecule has 0 aliphatic carbocycles. The van der Waals surface area contributed by atoms with Crippen molar-refractivity contribution in [3.8, 4) is 11.1 Å². The highest BCUT2D eigenvalue weighted by molar-refractivity contribution is 6.22. The number of hydrogen-bond donors (Lipinski definition) is 5. The molecule has 0 radical (unpaired) electrons. The summed E-state index contributed by atoms with van der Waals surface area (Å²) in [5.41, 5.74) is 22.4. The third-order valence-corrected chi connectivity index (χ3v) is 5.74. The highest BCUT2D eigenvalue weighted by Gasteiger charge is 2.15. The number of nitrogens with two attached hydrogens (primary N) is 2. The molecule has 0 spiro atoms. The van der Waals surface area contributed by atoms with E-state index < -0.39 is 0 Å². The summed E-state index contributed by atoms with van der Waals surface area (Å²) in [4.78, 5) is 8.04. The van der Waals surface area contributed by atoms with Crippen molar-refractivity contribution < 1.29 is 0 Å². The van der Waals surface area contributed by atoms with Crippen LogP contribution < -0.4 is 11.5 Å². The molecule has 0 fully saturated rings. The molecule has 7 nitrogen and oxygen atoms in total. The van der Waals surface area contributed by atoms with E-state index in [1.54, 1.807) is 6.92 Å². The highest BCUT2D eigenvalue weighted by Crippen LogP contribution is 2.27. The topological polar surface area (TPSA) is 133 Å². The molecule has 4 rings (SSSR count). The minimum atomic E-state index is -0.259. The number of H-pyrrole nitrogens is 2. The van der Waals surface area contributed by atoms with Crippen LogP contribution in [-0.4, -0.2) is 25.9 Å². The molecular formula is C25H29N7. The number of fused-ring (bicyclic) bond motifs is 1. The average Bonchev–Trinajstić information content (AvgIpc) is 3.31. The van der Waals surface area contributed by atoms with Gasteiger partial charge in [0, 0.05) is 28.2 Å². The van der Waals surface area contributed by atoms with Crippen LogP contribution in [0.2, 0.25) is 0 Å². The molecule has 2 heterocycles. The number of imidazole rings is 1. The fourth-order valence-electron chi connectivity index (χ4n) is 4.23. The summed E-state index contributed by atoms with van der Waals surface area (Å²) >= 11 is 0. The summed E-state index contributed by atoms with van der Waals surface area (Å²) in [6, 6.07) is 14.0. The quantitative estimate of drug-likeness (QED) is 0.289. The van der Waals surface area contributed by atoms with Crippen molar-refractivity contribution in [3.63, 3.8) is 0 Å². The third kappa shape index (κ3) is 4.07. The van der Waals surface area contributed by atoms with Gasteiger partial charge in [-0.15, -0.1) is 0 Å². The largest absolute Gasteiger partial charge is 0.402 e. The number of rotatable bonds is 6. The van der Waals surface area contributed by atoms with Gasteiger partial charge in [-0.3, -0.25) is 5.10 Å². The van der Waals surface area contributed by atoms with Crippen LogP contribution in [-0.2, 0) is 6.42 Å². The minimum Gasteiger partial charge on any atom is -0.402 e. The fourth-order valence-corrected chi connectivity index (χ4v) is 4.23. The van der Waals surface area contributed by atoms with Gasteiger partial charge < -0.3 is 21.9 Å². The molecule has 32 heavy (non-hydrogen) atoms. The Morgan fingerprint density at radius 2 is 1.81 bits per heavy atom. The standard InChI is InChI=1S/C25H29N7/c1-13(26)23(14(2)27)19-9-10-21-22(12-19)30-25(29-21)20(28)11-17-5-7-18(8-6-17)24-15(3)31-32-16(24)4/h5-10,12,20,26H,11,27-28H2,1-4H3,(H,29,30)(H,31,32)/b23-14+,26-13?. The first-order valence-corrected chi connectivity index (χ1v) is 10.6. The predicted octanol–water partition coefficient (Wildman–Crippen LogP) is 4.54. The van der Waals surface area contributed by atoms with E-state index >= 15 is 0 Å². The molecule has 164 valence electrons. The van der Waals surface area contributed by atoms with Gasteiger partial charge >= 0.3 is 0 Å². The Morgan fingerprint density at radius 3 is 2.41 bits per heavy atom. The Kier molecular flexibility index (Phi) is 5.67. The fraction of sp³-hybridized carbons (Fsp3) is 0.240. The monoisotopic (exact) mass is 427 g/mol. The number of benzene rings is 2. The van der Waals surface area contributed by atoms with Crippen molar-refractivity contribution in [1.82, 2.24) is 20.2 Å². The zero-order valence-electron chi connectivity index (χ0n) is 18.9. The summed E-state index contributed by atoms with van der Waals surface area (Å²) in [6.45, 7) is 7.59. The molecule has 0 saturated heterocycles. The van der Waals surface area contributed by atoms with Gasteiger partial charge in [0.1, 0.15) is 5.82 Å². The van der Waals surface area contributed by atoms with Crippen molar-refractivity contribution in [2.45, 2.75) is 40.2 Å². The van der Waals surface area contributed by atoms with Crippen LogP contribution in [0.15, 0.2) is 48.2 Å². The number of nitrogens with zero attached hydrogens (tertiary/aromatic N) is 2. The maximum absolute atomic E-state index is 8.02. The highest BCUT2D eigenvalue weighted by atomic mass is 15.1. The predicted molar refractivity (Wildman–Crippen MR) is 130 cm³/mol. The summed E-state index contributed by atoms with van der Waals surface area (Å²) < 4.78 is 0. The van der Waals surface area contributed by atoms with Crippen molar-refractivity contribution in [3.05, 3.63) is 76.5 Å². The van der Waals surface area contributed by atoms with Gasteiger partial charge in [0.25, 0.3) is 0 Å². The van der Waals surface area contributed by atoms with E-state index in [4.69, 9.17) is 16.9 Å². The van der Waals surface area contributed by atoms with Gasteiger partial charge in [-0.25, -0.2) is 4.98 Å². The van der Waals surface area contributed by atoms with Crippen molar-refractivity contribution >= 4 is 22.3 Å². The zero-order chi connectivity index (χ0) is 23.0. The molecule has 4 aromatic rings. The van der Waals surface area contributed by atoms with Gasteiger partial charge in [-0.1, -0.05) is 30.3 Å². The van der Waals surface area contributed by atoms with E-state index in [1.165, 1.54) is 0 Å². The second-order valence-electron chi connectivity index (χ2n) is 8.35. The molecule has 2 aromatic carbocycles. The van der Waals surface area contributed by atoms with Gasteiger partial charge in [0.05, 0.1) is 22.8 Å². The van der Waals surface area contributed by atoms with Gasteiger partial charge in [0.15, 0.2) is 0 Å². The van der Waals surface area contributed by atoms with E-state index in [2.05, 4.69) is 44.4 Å². The molecule has 7 N–H and O–H groups in total. The summed E-state index contributed by atoms with van der Waals surface area (Å²) in [6.07, 6.45) is 0.670. The molecule has 1 unspecified atom stereocenters. The summed E-state index contributed by atoms with van der Waals surface area (Å²) in [5, 5.41) is 15.3. The van der Waals surface area contributed by atoms with E-state index in [0.29, 0.717) is 17.8 Å². The first kappa shape index (κ1) is 21.5. The maximum Gasteiger partial charge on any atom is 0.124 e. The Morgan fingerprint density at radius 1 is 1.09 bits per heavy atom. The number of aromatic amines is 2. The molecule has 0 saturated carbocycles. The molecule has 0 bridgehead atoms. The van der Waals surface area contributed by atoms with Crippen molar-refractivity contribution in [2.24, 2.45) is 11.5 Å². The lowest BCUT2D eigenvalue weighted by Gasteiger charge is -2.10. The number of hydrogen-bond acceptors (Lipinski definition) is 5. The molecule has 0 aliphatic rings. The molecule has 1 atom stereocenters. The normalized spacial score (nSPS) is 13.3. The smallest absolute Gasteiger partial charge is 0.124 e. The van der Waals surface area contributed by atoms with Crippen LogP contribution in [0.3, 0.4) is 0 Å². The Bertz CT molecular complexity index is 1300. The summed E-state index contributed by atoms with van der Waals surface area (Å²) in [5.74, 6) is 0.740. The number of aryl methyl sites for hydroxylation is 2. The molecule has 0 aliphatic heterocycles. The van der Waals surface area contributed by atoms with Crippen LogP contribution in [0.25, 0.3) is 27.7 Å². The van der Waals surface area contributed by atoms with Crippen LogP contribution in [0.1, 0.15) is 48.2 Å². The Hall–Kier alpha value is -3.71. The average molecular weight is 428 g/mol. The van der Waals surface area contributed by atoms with Gasteiger partial charge in [-0.05, 0) is 62.9 Å². The van der Waals surface area contributed by atoms with Crippen LogP contribution in [0.5, 0.6) is 0 Å². The second-order valence-corrected chi connectivity index (χ2v) is 8.35. The second kappa shape index (κ2) is 8.43.